The summed E-state index contributed by atoms with van der Waals surface area (Å²) in [5.74, 6) is 1.65. The fourth-order valence-corrected chi connectivity index (χ4v) is 4.66. The number of aromatic hydroxyl groups is 1. The van der Waals surface area contributed by atoms with Crippen molar-refractivity contribution in [1.82, 2.24) is 10.2 Å². The van der Waals surface area contributed by atoms with Crippen LogP contribution in [-0.2, 0) is 4.79 Å². The SMILES string of the molecule is COc1cc(C(=O)N2CCCC(C(=O)NCCSSCCN)C2)ccc1O. The largest absolute Gasteiger partial charge is 0.504 e. The molecular formula is C18H27N3O4S2. The summed E-state index contributed by atoms with van der Waals surface area (Å²) in [7, 11) is 4.85. The first kappa shape index (κ1) is 21.7. The molecule has 27 heavy (non-hydrogen) atoms. The highest BCUT2D eigenvalue weighted by Crippen LogP contribution is 2.28. The van der Waals surface area contributed by atoms with Gasteiger partial charge in [-0.2, -0.15) is 0 Å². The maximum atomic E-state index is 12.7. The van der Waals surface area contributed by atoms with Crippen LogP contribution in [0, 0.1) is 5.92 Å². The maximum Gasteiger partial charge on any atom is 0.254 e. The van der Waals surface area contributed by atoms with Crippen LogP contribution in [-0.4, -0.2) is 66.6 Å². The molecule has 1 heterocycles. The van der Waals surface area contributed by atoms with E-state index in [2.05, 4.69) is 5.32 Å². The van der Waals surface area contributed by atoms with Gasteiger partial charge in [-0.3, -0.25) is 9.59 Å². The Morgan fingerprint density at radius 3 is 2.89 bits per heavy atom. The lowest BCUT2D eigenvalue weighted by Gasteiger charge is -2.32. The molecule has 1 saturated heterocycles. The minimum Gasteiger partial charge on any atom is -0.504 e. The Balaban J connectivity index is 1.85. The van der Waals surface area contributed by atoms with Crippen molar-refractivity contribution in [2.45, 2.75) is 12.8 Å². The van der Waals surface area contributed by atoms with Crippen molar-refractivity contribution in [3.63, 3.8) is 0 Å². The number of nitrogens with zero attached hydrogens (tertiary/aromatic N) is 1. The third-order valence-corrected chi connectivity index (χ3v) is 6.72. The molecule has 0 aliphatic carbocycles. The van der Waals surface area contributed by atoms with E-state index in [1.165, 1.54) is 19.2 Å². The molecule has 150 valence electrons. The maximum absolute atomic E-state index is 12.7. The van der Waals surface area contributed by atoms with Crippen LogP contribution in [0.25, 0.3) is 0 Å². The van der Waals surface area contributed by atoms with E-state index in [9.17, 15) is 14.7 Å². The molecule has 1 fully saturated rings. The van der Waals surface area contributed by atoms with Gasteiger partial charge in [0, 0.05) is 43.2 Å². The van der Waals surface area contributed by atoms with Crippen molar-refractivity contribution < 1.29 is 19.4 Å². The number of phenolic OH excluding ortho intramolecular Hbond substituents is 1. The molecule has 9 heteroatoms. The molecule has 2 amide bonds. The van der Waals surface area contributed by atoms with Crippen molar-refractivity contribution in [1.29, 1.82) is 0 Å². The molecule has 2 rings (SSSR count). The Hall–Kier alpha value is -1.58. The van der Waals surface area contributed by atoms with E-state index in [4.69, 9.17) is 10.5 Å². The van der Waals surface area contributed by atoms with E-state index in [1.54, 1.807) is 32.6 Å². The van der Waals surface area contributed by atoms with Gasteiger partial charge in [0.2, 0.25) is 5.91 Å². The summed E-state index contributed by atoms with van der Waals surface area (Å²) in [6, 6.07) is 4.54. The molecule has 7 nitrogen and oxygen atoms in total. The Morgan fingerprint density at radius 2 is 2.15 bits per heavy atom. The highest BCUT2D eigenvalue weighted by Gasteiger charge is 2.29. The highest BCUT2D eigenvalue weighted by atomic mass is 33.1. The molecule has 0 radical (unpaired) electrons. The van der Waals surface area contributed by atoms with Gasteiger partial charge in [0.25, 0.3) is 5.91 Å². The quantitative estimate of drug-likeness (QED) is 0.418. The zero-order chi connectivity index (χ0) is 19.6. The lowest BCUT2D eigenvalue weighted by Crippen LogP contribution is -2.45. The molecule has 0 aromatic heterocycles. The molecule has 1 aromatic rings. The van der Waals surface area contributed by atoms with Gasteiger partial charge in [-0.25, -0.2) is 0 Å². The second-order valence-electron chi connectivity index (χ2n) is 6.20. The number of carbonyl (C=O) groups is 2. The lowest BCUT2D eigenvalue weighted by atomic mass is 9.96. The van der Waals surface area contributed by atoms with Crippen molar-refractivity contribution >= 4 is 33.4 Å². The lowest BCUT2D eigenvalue weighted by molar-refractivity contribution is -0.126. The molecule has 1 atom stereocenters. The Bertz CT molecular complexity index is 645. The van der Waals surface area contributed by atoms with Gasteiger partial charge < -0.3 is 25.8 Å². The number of amides is 2. The summed E-state index contributed by atoms with van der Waals surface area (Å²) in [6.07, 6.45) is 1.57. The molecule has 1 aromatic carbocycles. The smallest absolute Gasteiger partial charge is 0.254 e. The normalized spacial score (nSPS) is 16.8. The Morgan fingerprint density at radius 1 is 1.37 bits per heavy atom. The van der Waals surface area contributed by atoms with Crippen LogP contribution in [0.1, 0.15) is 23.2 Å². The van der Waals surface area contributed by atoms with Crippen molar-refractivity contribution in [2.75, 3.05) is 44.8 Å². The van der Waals surface area contributed by atoms with Crippen LogP contribution in [0.3, 0.4) is 0 Å². The van der Waals surface area contributed by atoms with Crippen molar-refractivity contribution in [3.8, 4) is 11.5 Å². The number of piperidine rings is 1. The molecular weight excluding hydrogens is 386 g/mol. The number of nitrogens with one attached hydrogen (secondary N) is 1. The molecule has 0 saturated carbocycles. The fourth-order valence-electron chi connectivity index (χ4n) is 2.90. The number of methoxy groups -OCH3 is 1. The summed E-state index contributed by atoms with van der Waals surface area (Å²) in [6.45, 7) is 2.30. The first-order chi connectivity index (χ1) is 13.1. The van der Waals surface area contributed by atoms with E-state index >= 15 is 0 Å². The number of ether oxygens (including phenoxy) is 1. The Kier molecular flexibility index (Phi) is 9.09. The van der Waals surface area contributed by atoms with Gasteiger partial charge in [0.1, 0.15) is 0 Å². The second kappa shape index (κ2) is 11.3. The summed E-state index contributed by atoms with van der Waals surface area (Å²) in [4.78, 5) is 26.8. The number of hydrogen-bond donors (Lipinski definition) is 3. The topological polar surface area (TPSA) is 105 Å². The molecule has 1 aliphatic rings. The summed E-state index contributed by atoms with van der Waals surface area (Å²) in [5, 5.41) is 12.6. The van der Waals surface area contributed by atoms with Gasteiger partial charge in [-0.1, -0.05) is 21.6 Å². The van der Waals surface area contributed by atoms with Gasteiger partial charge in [-0.15, -0.1) is 0 Å². The molecule has 4 N–H and O–H groups in total. The van der Waals surface area contributed by atoms with Gasteiger partial charge >= 0.3 is 0 Å². The number of benzene rings is 1. The standard InChI is InChI=1S/C18H27N3O4S2/c1-25-16-11-13(4-5-15(16)22)18(24)21-8-2-3-14(12-21)17(23)20-7-10-27-26-9-6-19/h4-5,11,14,22H,2-3,6-10,12,19H2,1H3,(H,20,23). The van der Waals surface area contributed by atoms with E-state index in [0.29, 0.717) is 31.7 Å². The summed E-state index contributed by atoms with van der Waals surface area (Å²) < 4.78 is 5.07. The number of carbonyl (C=O) groups excluding carboxylic acids is 2. The third-order valence-electron chi connectivity index (χ3n) is 4.28. The molecule has 0 spiro atoms. The highest BCUT2D eigenvalue weighted by molar-refractivity contribution is 8.76. The van der Waals surface area contributed by atoms with Crippen LogP contribution >= 0.6 is 21.6 Å². The monoisotopic (exact) mass is 413 g/mol. The second-order valence-corrected chi connectivity index (χ2v) is 8.90. The van der Waals surface area contributed by atoms with Crippen LogP contribution in [0.2, 0.25) is 0 Å². The fraction of sp³-hybridized carbons (Fsp3) is 0.556. The average Bonchev–Trinajstić information content (AvgIpc) is 2.70. The predicted octanol–water partition coefficient (Wildman–Crippen LogP) is 1.71. The third kappa shape index (κ3) is 6.51. The first-order valence-corrected chi connectivity index (χ1v) is 11.4. The molecule has 1 aliphatic heterocycles. The Labute approximate surface area is 167 Å². The summed E-state index contributed by atoms with van der Waals surface area (Å²) >= 11 is 0. The number of hydrogen-bond acceptors (Lipinski definition) is 7. The van der Waals surface area contributed by atoms with Gasteiger partial charge in [-0.05, 0) is 31.0 Å². The van der Waals surface area contributed by atoms with E-state index < -0.39 is 0 Å². The predicted molar refractivity (Wildman–Crippen MR) is 110 cm³/mol. The average molecular weight is 414 g/mol. The number of nitrogens with two attached hydrogens (primary N) is 1. The number of phenols is 1. The van der Waals surface area contributed by atoms with Gasteiger partial charge in [0.15, 0.2) is 11.5 Å². The van der Waals surface area contributed by atoms with E-state index in [1.807, 2.05) is 0 Å². The van der Waals surface area contributed by atoms with Crippen molar-refractivity contribution in [3.05, 3.63) is 23.8 Å². The van der Waals surface area contributed by atoms with Gasteiger partial charge in [0.05, 0.1) is 13.0 Å². The zero-order valence-corrected chi connectivity index (χ0v) is 17.1. The van der Waals surface area contributed by atoms with Crippen LogP contribution in [0.15, 0.2) is 18.2 Å². The minimum absolute atomic E-state index is 0.000196. The number of rotatable bonds is 9. The minimum atomic E-state index is -0.191. The van der Waals surface area contributed by atoms with Crippen LogP contribution < -0.4 is 15.8 Å². The summed E-state index contributed by atoms with van der Waals surface area (Å²) in [5.41, 5.74) is 5.88. The molecule has 1 unspecified atom stereocenters. The zero-order valence-electron chi connectivity index (χ0n) is 15.5. The van der Waals surface area contributed by atoms with E-state index in [0.717, 1.165) is 24.3 Å². The molecule has 0 bridgehead atoms. The number of likely N-dealkylation sites (tertiary alicyclic amines) is 1. The van der Waals surface area contributed by atoms with Crippen LogP contribution in [0.4, 0.5) is 0 Å². The van der Waals surface area contributed by atoms with E-state index in [-0.39, 0.29) is 29.2 Å². The van der Waals surface area contributed by atoms with Crippen LogP contribution in [0.5, 0.6) is 11.5 Å². The van der Waals surface area contributed by atoms with Crippen molar-refractivity contribution in [2.24, 2.45) is 11.7 Å². The first-order valence-electron chi connectivity index (χ1n) is 8.95.